The molecular formula is C20H28N2O3S. The van der Waals surface area contributed by atoms with Crippen LogP contribution in [0.25, 0.3) is 0 Å². The van der Waals surface area contributed by atoms with Gasteiger partial charge in [0.25, 0.3) is 0 Å². The Morgan fingerprint density at radius 2 is 2.00 bits per heavy atom. The fourth-order valence-electron chi connectivity index (χ4n) is 2.97. The van der Waals surface area contributed by atoms with Crippen molar-refractivity contribution < 1.29 is 14.6 Å². The first-order valence-corrected chi connectivity index (χ1v) is 9.57. The van der Waals surface area contributed by atoms with E-state index in [-0.39, 0.29) is 19.1 Å². The molecule has 1 amide bonds. The SMILES string of the molecule is Cc1cc(C)c(NC(=O)CN(C)C[C@@H](O)COCc2cccs2)c(C)c1. The lowest BCUT2D eigenvalue weighted by molar-refractivity contribution is -0.117. The number of likely N-dealkylation sites (N-methyl/N-ethyl adjacent to an activating group) is 1. The van der Waals surface area contributed by atoms with Gasteiger partial charge < -0.3 is 15.2 Å². The van der Waals surface area contributed by atoms with Crippen molar-refractivity contribution in [3.8, 4) is 0 Å². The van der Waals surface area contributed by atoms with Gasteiger partial charge >= 0.3 is 0 Å². The second-order valence-corrected chi connectivity index (χ2v) is 7.80. The zero-order valence-electron chi connectivity index (χ0n) is 15.9. The molecule has 0 aliphatic rings. The van der Waals surface area contributed by atoms with Crippen molar-refractivity contribution in [2.75, 3.05) is 32.1 Å². The van der Waals surface area contributed by atoms with Crippen LogP contribution in [-0.2, 0) is 16.1 Å². The first-order chi connectivity index (χ1) is 12.3. The number of aliphatic hydroxyl groups excluding tert-OH is 1. The van der Waals surface area contributed by atoms with Crippen LogP contribution >= 0.6 is 11.3 Å². The molecule has 2 aromatic rings. The molecule has 0 fully saturated rings. The van der Waals surface area contributed by atoms with E-state index in [2.05, 4.69) is 17.4 Å². The summed E-state index contributed by atoms with van der Waals surface area (Å²) >= 11 is 1.63. The quantitative estimate of drug-likeness (QED) is 0.706. The molecule has 1 heterocycles. The molecular weight excluding hydrogens is 348 g/mol. The number of thiophene rings is 1. The van der Waals surface area contributed by atoms with E-state index in [0.29, 0.717) is 13.2 Å². The van der Waals surface area contributed by atoms with Crippen LogP contribution in [0, 0.1) is 20.8 Å². The Hall–Kier alpha value is -1.73. The molecule has 1 atom stereocenters. The fourth-order valence-corrected chi connectivity index (χ4v) is 3.61. The molecule has 0 bridgehead atoms. The van der Waals surface area contributed by atoms with E-state index in [1.54, 1.807) is 16.2 Å². The van der Waals surface area contributed by atoms with Gasteiger partial charge in [0.2, 0.25) is 5.91 Å². The first kappa shape index (κ1) is 20.6. The van der Waals surface area contributed by atoms with E-state index >= 15 is 0 Å². The van der Waals surface area contributed by atoms with Gasteiger partial charge in [-0.1, -0.05) is 23.8 Å². The molecule has 142 valence electrons. The van der Waals surface area contributed by atoms with Crippen molar-refractivity contribution in [3.63, 3.8) is 0 Å². The van der Waals surface area contributed by atoms with Gasteiger partial charge in [-0.2, -0.15) is 0 Å². The van der Waals surface area contributed by atoms with Crippen molar-refractivity contribution >= 4 is 22.9 Å². The van der Waals surface area contributed by atoms with Gasteiger partial charge in [-0.15, -0.1) is 11.3 Å². The van der Waals surface area contributed by atoms with Crippen LogP contribution < -0.4 is 5.32 Å². The summed E-state index contributed by atoms with van der Waals surface area (Å²) < 4.78 is 5.52. The number of nitrogens with one attached hydrogen (secondary N) is 1. The minimum atomic E-state index is -0.629. The maximum atomic E-state index is 12.3. The Bertz CT molecular complexity index is 693. The Labute approximate surface area is 159 Å². The summed E-state index contributed by atoms with van der Waals surface area (Å²) in [4.78, 5) is 15.2. The minimum Gasteiger partial charge on any atom is -0.389 e. The van der Waals surface area contributed by atoms with Crippen molar-refractivity contribution in [2.24, 2.45) is 0 Å². The van der Waals surface area contributed by atoms with Crippen LogP contribution in [0.2, 0.25) is 0 Å². The monoisotopic (exact) mass is 376 g/mol. The number of hydrogen-bond acceptors (Lipinski definition) is 5. The number of aryl methyl sites for hydroxylation is 3. The lowest BCUT2D eigenvalue weighted by Crippen LogP contribution is -2.37. The molecule has 2 rings (SSSR count). The van der Waals surface area contributed by atoms with Crippen LogP contribution in [0.5, 0.6) is 0 Å². The third-order valence-electron chi connectivity index (χ3n) is 4.01. The van der Waals surface area contributed by atoms with Gasteiger partial charge in [0.15, 0.2) is 0 Å². The van der Waals surface area contributed by atoms with E-state index < -0.39 is 6.10 Å². The highest BCUT2D eigenvalue weighted by Crippen LogP contribution is 2.21. The third kappa shape index (κ3) is 6.53. The second-order valence-electron chi connectivity index (χ2n) is 6.77. The van der Waals surface area contributed by atoms with Crippen LogP contribution in [0.4, 0.5) is 5.69 Å². The molecule has 6 heteroatoms. The number of benzene rings is 1. The summed E-state index contributed by atoms with van der Waals surface area (Å²) in [5.74, 6) is -0.0887. The molecule has 5 nitrogen and oxygen atoms in total. The number of ether oxygens (including phenoxy) is 1. The van der Waals surface area contributed by atoms with Crippen molar-refractivity contribution in [3.05, 3.63) is 51.2 Å². The third-order valence-corrected chi connectivity index (χ3v) is 4.86. The Morgan fingerprint density at radius 3 is 2.62 bits per heavy atom. The van der Waals surface area contributed by atoms with Crippen LogP contribution in [0.3, 0.4) is 0 Å². The summed E-state index contributed by atoms with van der Waals surface area (Å²) in [5.41, 5.74) is 4.16. The van der Waals surface area contributed by atoms with Gasteiger partial charge in [-0.25, -0.2) is 0 Å². The van der Waals surface area contributed by atoms with Gasteiger partial charge in [0.1, 0.15) is 0 Å². The van der Waals surface area contributed by atoms with Crippen molar-refractivity contribution in [1.29, 1.82) is 0 Å². The number of carbonyl (C=O) groups is 1. The number of nitrogens with zero attached hydrogens (tertiary/aromatic N) is 1. The first-order valence-electron chi connectivity index (χ1n) is 8.69. The van der Waals surface area contributed by atoms with Gasteiger partial charge in [-0.3, -0.25) is 9.69 Å². The largest absolute Gasteiger partial charge is 0.389 e. The molecule has 26 heavy (non-hydrogen) atoms. The average Bonchev–Trinajstić information content (AvgIpc) is 3.04. The predicted octanol–water partition coefficient (Wildman–Crippen LogP) is 3.12. The number of aliphatic hydroxyl groups is 1. The number of amides is 1. The Balaban J connectivity index is 1.74. The van der Waals surface area contributed by atoms with Crippen LogP contribution in [0.15, 0.2) is 29.6 Å². The molecule has 0 radical (unpaired) electrons. The zero-order chi connectivity index (χ0) is 19.1. The lowest BCUT2D eigenvalue weighted by Gasteiger charge is -2.21. The molecule has 0 spiro atoms. The average molecular weight is 377 g/mol. The molecule has 0 aliphatic heterocycles. The second kappa shape index (κ2) is 9.83. The maximum Gasteiger partial charge on any atom is 0.238 e. The summed E-state index contributed by atoms with van der Waals surface area (Å²) in [5, 5.41) is 15.1. The topological polar surface area (TPSA) is 61.8 Å². The van der Waals surface area contributed by atoms with Crippen LogP contribution in [-0.4, -0.2) is 48.8 Å². The number of anilines is 1. The number of carbonyl (C=O) groups excluding carboxylic acids is 1. The smallest absolute Gasteiger partial charge is 0.238 e. The summed E-state index contributed by atoms with van der Waals surface area (Å²) in [7, 11) is 1.82. The number of hydrogen-bond donors (Lipinski definition) is 2. The molecule has 0 aliphatic carbocycles. The molecule has 2 N–H and O–H groups in total. The molecule has 1 aromatic carbocycles. The number of rotatable bonds is 9. The van der Waals surface area contributed by atoms with Crippen molar-refractivity contribution in [2.45, 2.75) is 33.5 Å². The zero-order valence-corrected chi connectivity index (χ0v) is 16.7. The fraction of sp³-hybridized carbons (Fsp3) is 0.450. The van der Waals surface area contributed by atoms with Gasteiger partial charge in [-0.05, 0) is 50.4 Å². The van der Waals surface area contributed by atoms with Crippen molar-refractivity contribution in [1.82, 2.24) is 4.90 Å². The van der Waals surface area contributed by atoms with E-state index in [1.165, 1.54) is 5.56 Å². The molecule has 1 aromatic heterocycles. The van der Waals surface area contributed by atoms with E-state index in [4.69, 9.17) is 4.74 Å². The van der Waals surface area contributed by atoms with Gasteiger partial charge in [0.05, 0.1) is 25.9 Å². The summed E-state index contributed by atoms with van der Waals surface area (Å²) in [6.07, 6.45) is -0.629. The standard InChI is InChI=1S/C20H28N2O3S/c1-14-8-15(2)20(16(3)9-14)21-19(24)11-22(4)10-17(23)12-25-13-18-6-5-7-26-18/h5-9,17,23H,10-13H2,1-4H3,(H,21,24)/t17-/m1/s1. The molecule has 0 saturated heterocycles. The van der Waals surface area contributed by atoms with E-state index in [0.717, 1.165) is 21.7 Å². The normalized spacial score (nSPS) is 12.4. The maximum absolute atomic E-state index is 12.3. The van der Waals surface area contributed by atoms with Crippen LogP contribution in [0.1, 0.15) is 21.6 Å². The predicted molar refractivity (Wildman–Crippen MR) is 107 cm³/mol. The highest BCUT2D eigenvalue weighted by molar-refractivity contribution is 7.09. The lowest BCUT2D eigenvalue weighted by atomic mass is 10.1. The molecule has 0 saturated carbocycles. The highest BCUT2D eigenvalue weighted by atomic mass is 32.1. The minimum absolute atomic E-state index is 0.0887. The Morgan fingerprint density at radius 1 is 1.31 bits per heavy atom. The summed E-state index contributed by atoms with van der Waals surface area (Å²) in [6, 6.07) is 8.09. The summed E-state index contributed by atoms with van der Waals surface area (Å²) in [6.45, 7) is 7.38. The van der Waals surface area contributed by atoms with E-state index in [1.807, 2.05) is 45.3 Å². The highest BCUT2D eigenvalue weighted by Gasteiger charge is 2.14. The van der Waals surface area contributed by atoms with E-state index in [9.17, 15) is 9.90 Å². The Kier molecular flexibility index (Phi) is 7.78. The molecule has 0 unspecified atom stereocenters. The van der Waals surface area contributed by atoms with Gasteiger partial charge in [0, 0.05) is 17.1 Å².